The molecule has 4 rings (SSSR count). The van der Waals surface area contributed by atoms with Crippen molar-refractivity contribution < 1.29 is 0 Å². The molecular weight excluding hydrogens is 260 g/mol. The number of hydrogen-bond donors (Lipinski definition) is 2. The Morgan fingerprint density at radius 3 is 2.38 bits per heavy atom. The molecule has 0 spiro atoms. The van der Waals surface area contributed by atoms with Gasteiger partial charge in [0.2, 0.25) is 0 Å². The number of aromatic nitrogens is 2. The van der Waals surface area contributed by atoms with Crippen molar-refractivity contribution in [3.8, 4) is 0 Å². The van der Waals surface area contributed by atoms with Crippen molar-refractivity contribution in [2.75, 3.05) is 11.1 Å². The SMILES string of the molecule is CC1CC1c1nc(N)c(C2CCCCC2)c(NC2CC2)n1. The van der Waals surface area contributed by atoms with E-state index in [0.29, 0.717) is 17.9 Å². The average molecular weight is 286 g/mol. The number of nitrogens with two attached hydrogens (primary N) is 1. The average Bonchev–Trinajstić information content (AvgIpc) is 3.38. The molecule has 2 unspecified atom stereocenters. The van der Waals surface area contributed by atoms with Crippen LogP contribution >= 0.6 is 0 Å². The maximum Gasteiger partial charge on any atom is 0.136 e. The molecule has 1 heterocycles. The van der Waals surface area contributed by atoms with E-state index >= 15 is 0 Å². The Balaban J connectivity index is 1.68. The monoisotopic (exact) mass is 286 g/mol. The van der Waals surface area contributed by atoms with Crippen molar-refractivity contribution in [2.45, 2.75) is 76.2 Å². The van der Waals surface area contributed by atoms with Crippen LogP contribution in [0.5, 0.6) is 0 Å². The third kappa shape index (κ3) is 2.72. The third-order valence-corrected chi connectivity index (χ3v) is 5.37. The number of nitrogens with one attached hydrogen (secondary N) is 1. The lowest BCUT2D eigenvalue weighted by Crippen LogP contribution is -2.16. The Morgan fingerprint density at radius 1 is 1.05 bits per heavy atom. The lowest BCUT2D eigenvalue weighted by molar-refractivity contribution is 0.443. The van der Waals surface area contributed by atoms with E-state index in [1.54, 1.807) is 0 Å². The fourth-order valence-electron chi connectivity index (χ4n) is 3.68. The van der Waals surface area contributed by atoms with Gasteiger partial charge >= 0.3 is 0 Å². The summed E-state index contributed by atoms with van der Waals surface area (Å²) in [5.74, 6) is 4.60. The lowest BCUT2D eigenvalue weighted by atomic mass is 9.84. The second-order valence-corrected chi connectivity index (χ2v) is 7.30. The van der Waals surface area contributed by atoms with Crippen LogP contribution < -0.4 is 11.1 Å². The Bertz CT molecular complexity index is 532. The van der Waals surface area contributed by atoms with Crippen molar-refractivity contribution >= 4 is 11.6 Å². The first-order chi connectivity index (χ1) is 10.2. The van der Waals surface area contributed by atoms with Crippen LogP contribution in [0.3, 0.4) is 0 Å². The highest BCUT2D eigenvalue weighted by molar-refractivity contribution is 5.59. The summed E-state index contributed by atoms with van der Waals surface area (Å²) in [6.45, 7) is 2.27. The van der Waals surface area contributed by atoms with Crippen LogP contribution in [0.1, 0.15) is 81.5 Å². The lowest BCUT2D eigenvalue weighted by Gasteiger charge is -2.25. The van der Waals surface area contributed by atoms with Gasteiger partial charge in [0.1, 0.15) is 17.5 Å². The number of hydrogen-bond acceptors (Lipinski definition) is 4. The van der Waals surface area contributed by atoms with E-state index in [4.69, 9.17) is 10.7 Å². The topological polar surface area (TPSA) is 63.8 Å². The second kappa shape index (κ2) is 5.15. The van der Waals surface area contributed by atoms with E-state index in [-0.39, 0.29) is 0 Å². The van der Waals surface area contributed by atoms with Crippen molar-refractivity contribution in [2.24, 2.45) is 5.92 Å². The van der Waals surface area contributed by atoms with Crippen LogP contribution in [0.2, 0.25) is 0 Å². The summed E-state index contributed by atoms with van der Waals surface area (Å²) in [7, 11) is 0. The molecule has 0 aromatic carbocycles. The zero-order valence-electron chi connectivity index (χ0n) is 12.9. The molecule has 3 fully saturated rings. The largest absolute Gasteiger partial charge is 0.383 e. The van der Waals surface area contributed by atoms with Gasteiger partial charge in [-0.1, -0.05) is 26.2 Å². The number of nitrogens with zero attached hydrogens (tertiary/aromatic N) is 2. The summed E-state index contributed by atoms with van der Waals surface area (Å²) in [6, 6.07) is 0.617. The minimum atomic E-state index is 0.535. The molecule has 0 amide bonds. The number of anilines is 2. The molecular formula is C17H26N4. The molecule has 3 saturated carbocycles. The maximum absolute atomic E-state index is 6.37. The normalized spacial score (nSPS) is 29.4. The molecule has 1 aromatic rings. The Morgan fingerprint density at radius 2 is 1.76 bits per heavy atom. The fraction of sp³-hybridized carbons (Fsp3) is 0.765. The van der Waals surface area contributed by atoms with E-state index in [1.165, 1.54) is 56.9 Å². The first-order valence-electron chi connectivity index (χ1n) is 8.66. The molecule has 21 heavy (non-hydrogen) atoms. The van der Waals surface area contributed by atoms with E-state index in [2.05, 4.69) is 17.2 Å². The van der Waals surface area contributed by atoms with Gasteiger partial charge in [-0.05, 0) is 43.9 Å². The van der Waals surface area contributed by atoms with Crippen molar-refractivity contribution in [3.63, 3.8) is 0 Å². The quantitative estimate of drug-likeness (QED) is 0.883. The number of nitrogen functional groups attached to an aromatic ring is 1. The fourth-order valence-corrected chi connectivity index (χ4v) is 3.68. The van der Waals surface area contributed by atoms with Crippen molar-refractivity contribution in [3.05, 3.63) is 11.4 Å². The molecule has 0 bridgehead atoms. The van der Waals surface area contributed by atoms with Crippen LogP contribution in [0.15, 0.2) is 0 Å². The van der Waals surface area contributed by atoms with Crippen LogP contribution in [0.25, 0.3) is 0 Å². The number of rotatable bonds is 4. The summed E-state index contributed by atoms with van der Waals surface area (Å²) in [6.07, 6.45) is 10.2. The first kappa shape index (κ1) is 13.4. The van der Waals surface area contributed by atoms with E-state index in [9.17, 15) is 0 Å². The summed E-state index contributed by atoms with van der Waals surface area (Å²) in [5.41, 5.74) is 7.59. The summed E-state index contributed by atoms with van der Waals surface area (Å²) < 4.78 is 0. The highest BCUT2D eigenvalue weighted by Crippen LogP contribution is 2.47. The summed E-state index contributed by atoms with van der Waals surface area (Å²) in [4.78, 5) is 9.57. The third-order valence-electron chi connectivity index (χ3n) is 5.37. The molecule has 0 saturated heterocycles. The molecule has 114 valence electrons. The zero-order valence-corrected chi connectivity index (χ0v) is 12.9. The predicted octanol–water partition coefficient (Wildman–Crippen LogP) is 3.80. The molecule has 0 radical (unpaired) electrons. The van der Waals surface area contributed by atoms with Gasteiger partial charge < -0.3 is 11.1 Å². The molecule has 3 aliphatic carbocycles. The highest BCUT2D eigenvalue weighted by Gasteiger charge is 2.38. The molecule has 4 nitrogen and oxygen atoms in total. The van der Waals surface area contributed by atoms with Crippen molar-refractivity contribution in [1.82, 2.24) is 9.97 Å². The van der Waals surface area contributed by atoms with Gasteiger partial charge in [-0.25, -0.2) is 9.97 Å². The minimum Gasteiger partial charge on any atom is -0.383 e. The highest BCUT2D eigenvalue weighted by atomic mass is 15.1. The van der Waals surface area contributed by atoms with Gasteiger partial charge in [-0.2, -0.15) is 0 Å². The van der Waals surface area contributed by atoms with E-state index < -0.39 is 0 Å². The Labute approximate surface area is 126 Å². The minimum absolute atomic E-state index is 0.535. The second-order valence-electron chi connectivity index (χ2n) is 7.30. The van der Waals surface area contributed by atoms with Gasteiger partial charge in [-0.15, -0.1) is 0 Å². The molecule has 1 aromatic heterocycles. The van der Waals surface area contributed by atoms with E-state index in [1.807, 2.05) is 0 Å². The van der Waals surface area contributed by atoms with Gasteiger partial charge in [-0.3, -0.25) is 0 Å². The van der Waals surface area contributed by atoms with Crippen LogP contribution in [0, 0.1) is 5.92 Å². The Hall–Kier alpha value is -1.32. The van der Waals surface area contributed by atoms with Gasteiger partial charge in [0.05, 0.1) is 0 Å². The van der Waals surface area contributed by atoms with Gasteiger partial charge in [0.25, 0.3) is 0 Å². The van der Waals surface area contributed by atoms with Crippen LogP contribution in [0.4, 0.5) is 11.6 Å². The molecule has 3 N–H and O–H groups in total. The summed E-state index contributed by atoms with van der Waals surface area (Å²) >= 11 is 0. The van der Waals surface area contributed by atoms with E-state index in [0.717, 1.165) is 23.4 Å². The molecule has 0 aliphatic heterocycles. The van der Waals surface area contributed by atoms with Gasteiger partial charge in [0.15, 0.2) is 0 Å². The van der Waals surface area contributed by atoms with Crippen LogP contribution in [-0.4, -0.2) is 16.0 Å². The Kier molecular flexibility index (Phi) is 3.27. The molecule has 2 atom stereocenters. The standard InChI is InChI=1S/C17H26N4/c1-10-9-13(10)16-20-15(18)14(11-5-3-2-4-6-11)17(21-16)19-12-7-8-12/h10-13H,2-9H2,1H3,(H3,18,19,20,21). The zero-order chi connectivity index (χ0) is 14.4. The maximum atomic E-state index is 6.37. The molecule has 3 aliphatic rings. The van der Waals surface area contributed by atoms with Gasteiger partial charge in [0, 0.05) is 17.5 Å². The molecule has 4 heteroatoms. The first-order valence-corrected chi connectivity index (χ1v) is 8.66. The van der Waals surface area contributed by atoms with Crippen LogP contribution in [-0.2, 0) is 0 Å². The predicted molar refractivity (Wildman–Crippen MR) is 85.4 cm³/mol. The summed E-state index contributed by atoms with van der Waals surface area (Å²) in [5, 5.41) is 3.63. The smallest absolute Gasteiger partial charge is 0.136 e. The van der Waals surface area contributed by atoms with Crippen molar-refractivity contribution in [1.29, 1.82) is 0 Å².